The molecule has 0 spiro atoms. The third kappa shape index (κ3) is 12.8. The second-order valence-electron chi connectivity index (χ2n) is 15.0. The van der Waals surface area contributed by atoms with Crippen LogP contribution in [0.3, 0.4) is 0 Å². The Morgan fingerprint density at radius 3 is 2.13 bits per heavy atom. The van der Waals surface area contributed by atoms with Crippen LogP contribution in [0.25, 0.3) is 0 Å². The fourth-order valence-electron chi connectivity index (χ4n) is 7.03. The zero-order valence-electron chi connectivity index (χ0n) is 27.7. The van der Waals surface area contributed by atoms with Crippen LogP contribution in [0.4, 0.5) is 0 Å². The van der Waals surface area contributed by atoms with Gasteiger partial charge in [-0.05, 0) is 108 Å². The summed E-state index contributed by atoms with van der Waals surface area (Å²) in [5.41, 5.74) is 1.47. The molecular formula is C36H69NOS. The molecule has 2 rings (SSSR count). The Bertz CT molecular complexity index is 690. The van der Waals surface area contributed by atoms with E-state index in [1.165, 1.54) is 102 Å². The van der Waals surface area contributed by atoms with Crippen molar-refractivity contribution in [3.8, 4) is 0 Å². The maximum Gasteiger partial charge on any atom is 0.0670 e. The Kier molecular flexibility index (Phi) is 15.5. The van der Waals surface area contributed by atoms with E-state index in [1.807, 2.05) is 0 Å². The Morgan fingerprint density at radius 2 is 1.49 bits per heavy atom. The zero-order chi connectivity index (χ0) is 28.9. The van der Waals surface area contributed by atoms with Crippen LogP contribution in [-0.4, -0.2) is 33.3 Å². The molecular weight excluding hydrogens is 494 g/mol. The smallest absolute Gasteiger partial charge is 0.0670 e. The molecule has 0 amide bonds. The summed E-state index contributed by atoms with van der Waals surface area (Å²) in [6.07, 6.45) is 24.0. The summed E-state index contributed by atoms with van der Waals surface area (Å²) in [4.78, 5) is 0. The first-order chi connectivity index (χ1) is 18.4. The van der Waals surface area contributed by atoms with Gasteiger partial charge in [0.1, 0.15) is 0 Å². The van der Waals surface area contributed by atoms with Gasteiger partial charge in [-0.2, -0.15) is 11.8 Å². The lowest BCUT2D eigenvalue weighted by Gasteiger charge is -2.36. The third-order valence-corrected chi connectivity index (χ3v) is 12.6. The molecule has 0 aliphatic heterocycles. The van der Waals surface area contributed by atoms with Crippen molar-refractivity contribution in [2.24, 2.45) is 23.7 Å². The van der Waals surface area contributed by atoms with Gasteiger partial charge in [0.15, 0.2) is 0 Å². The summed E-state index contributed by atoms with van der Waals surface area (Å²) < 4.78 is 0.414. The molecule has 1 fully saturated rings. The first-order valence-corrected chi connectivity index (χ1v) is 18.1. The van der Waals surface area contributed by atoms with E-state index in [-0.39, 0.29) is 5.54 Å². The van der Waals surface area contributed by atoms with Crippen LogP contribution >= 0.6 is 11.8 Å². The van der Waals surface area contributed by atoms with E-state index in [1.54, 1.807) is 5.57 Å². The van der Waals surface area contributed by atoms with Gasteiger partial charge in [-0.25, -0.2) is 0 Å². The van der Waals surface area contributed by atoms with Crippen molar-refractivity contribution in [1.29, 1.82) is 0 Å². The number of hydrogen-bond acceptors (Lipinski definition) is 3. The van der Waals surface area contributed by atoms with Crippen LogP contribution in [0.1, 0.15) is 165 Å². The van der Waals surface area contributed by atoms with Crippen LogP contribution in [0.15, 0.2) is 11.6 Å². The predicted molar refractivity (Wildman–Crippen MR) is 177 cm³/mol. The van der Waals surface area contributed by atoms with Gasteiger partial charge in [0, 0.05) is 10.3 Å². The average molecular weight is 564 g/mol. The summed E-state index contributed by atoms with van der Waals surface area (Å²) in [5, 5.41) is 15.1. The predicted octanol–water partition coefficient (Wildman–Crippen LogP) is 10.7. The lowest BCUT2D eigenvalue weighted by Crippen LogP contribution is -2.43. The maximum absolute atomic E-state index is 11.1. The van der Waals surface area contributed by atoms with Gasteiger partial charge in [-0.3, -0.25) is 0 Å². The van der Waals surface area contributed by atoms with Crippen LogP contribution < -0.4 is 5.32 Å². The van der Waals surface area contributed by atoms with E-state index < -0.39 is 5.60 Å². The van der Waals surface area contributed by atoms with Gasteiger partial charge in [0.25, 0.3) is 0 Å². The molecule has 4 atom stereocenters. The monoisotopic (exact) mass is 564 g/mol. The minimum Gasteiger partial charge on any atom is -0.390 e. The Morgan fingerprint density at radius 1 is 0.872 bits per heavy atom. The molecule has 2 N–H and O–H groups in total. The highest BCUT2D eigenvalue weighted by molar-refractivity contribution is 8.00. The van der Waals surface area contributed by atoms with Crippen molar-refractivity contribution >= 4 is 11.8 Å². The Labute approximate surface area is 249 Å². The molecule has 0 aromatic rings. The molecule has 2 aliphatic carbocycles. The molecule has 0 saturated heterocycles. The number of thioether (sulfide) groups is 1. The van der Waals surface area contributed by atoms with E-state index in [9.17, 15) is 5.11 Å². The number of hydrogen-bond donors (Lipinski definition) is 2. The summed E-state index contributed by atoms with van der Waals surface area (Å²) in [7, 11) is 0. The second kappa shape index (κ2) is 17.2. The molecule has 0 bridgehead atoms. The van der Waals surface area contributed by atoms with Crippen molar-refractivity contribution in [1.82, 2.24) is 5.32 Å². The highest BCUT2D eigenvalue weighted by Gasteiger charge is 2.32. The van der Waals surface area contributed by atoms with Gasteiger partial charge < -0.3 is 10.4 Å². The molecule has 39 heavy (non-hydrogen) atoms. The van der Waals surface area contributed by atoms with Crippen LogP contribution in [0.5, 0.6) is 0 Å². The summed E-state index contributed by atoms with van der Waals surface area (Å²) in [6, 6.07) is 0. The maximum atomic E-state index is 11.1. The number of rotatable bonds is 7. The highest BCUT2D eigenvalue weighted by atomic mass is 32.2. The van der Waals surface area contributed by atoms with Gasteiger partial charge in [0.05, 0.1) is 5.60 Å². The lowest BCUT2D eigenvalue weighted by atomic mass is 9.79. The van der Waals surface area contributed by atoms with Crippen LogP contribution in [0, 0.1) is 23.7 Å². The van der Waals surface area contributed by atoms with Crippen molar-refractivity contribution in [2.45, 2.75) is 180 Å². The molecule has 4 unspecified atom stereocenters. The first-order valence-electron chi connectivity index (χ1n) is 17.2. The van der Waals surface area contributed by atoms with Crippen molar-refractivity contribution in [3.05, 3.63) is 11.6 Å². The fraction of sp³-hybridized carbons (Fsp3) is 0.944. The quantitative estimate of drug-likeness (QED) is 0.239. The van der Waals surface area contributed by atoms with Crippen molar-refractivity contribution in [3.63, 3.8) is 0 Å². The first kappa shape index (κ1) is 35.2. The summed E-state index contributed by atoms with van der Waals surface area (Å²) in [6.45, 7) is 20.3. The molecule has 0 aromatic heterocycles. The van der Waals surface area contributed by atoms with Gasteiger partial charge >= 0.3 is 0 Å². The zero-order valence-corrected chi connectivity index (χ0v) is 28.5. The second-order valence-corrected chi connectivity index (χ2v) is 16.7. The number of aliphatic hydroxyl groups is 1. The molecule has 0 heterocycles. The van der Waals surface area contributed by atoms with Gasteiger partial charge in [-0.15, -0.1) is 0 Å². The minimum absolute atomic E-state index is 0.286. The summed E-state index contributed by atoms with van der Waals surface area (Å²) in [5.74, 6) is 3.95. The molecule has 0 radical (unpaired) electrons. The molecule has 3 heteroatoms. The van der Waals surface area contributed by atoms with E-state index >= 15 is 0 Å². The normalized spacial score (nSPS) is 38.5. The van der Waals surface area contributed by atoms with E-state index in [0.717, 1.165) is 37.1 Å². The fourth-order valence-corrected chi connectivity index (χ4v) is 8.39. The standard InChI is InChI=1S/C36H69NOS/c1-29(2)36(38)24-14-12-22-35(8,23-13-15-25-36)39-28-16-27-37-34(7)21-11-9-10-17-31(4)33(6)32(5)19-18-30(3)20-26-34/h19,29-31,33,37-38H,9-18,20-28H2,1-8H3/b32-19-. The van der Waals surface area contributed by atoms with Crippen LogP contribution in [-0.2, 0) is 0 Å². The van der Waals surface area contributed by atoms with Crippen LogP contribution in [0.2, 0.25) is 0 Å². The molecule has 0 aromatic carbocycles. The van der Waals surface area contributed by atoms with E-state index in [0.29, 0.717) is 10.7 Å². The Balaban J connectivity index is 1.81. The summed E-state index contributed by atoms with van der Waals surface area (Å²) >= 11 is 2.24. The Hall–Kier alpha value is 0.01000. The average Bonchev–Trinajstić information content (AvgIpc) is 2.89. The minimum atomic E-state index is -0.431. The third-order valence-electron chi connectivity index (χ3n) is 11.0. The van der Waals surface area contributed by atoms with E-state index in [4.69, 9.17) is 0 Å². The largest absolute Gasteiger partial charge is 0.390 e. The molecule has 2 nitrogen and oxygen atoms in total. The molecule has 1 saturated carbocycles. The highest BCUT2D eigenvalue weighted by Crippen LogP contribution is 2.40. The van der Waals surface area contributed by atoms with Gasteiger partial charge in [0.2, 0.25) is 0 Å². The SMILES string of the molecule is C/C1=C/CC(C)CCC(C)(NCCCSC2(C)CCCCC(O)(C(C)C)CCCC2)CCCCCC(C)C1C. The van der Waals surface area contributed by atoms with Crippen molar-refractivity contribution < 1.29 is 5.11 Å². The molecule has 2 aliphatic rings. The number of nitrogens with one attached hydrogen (secondary N) is 1. The number of allylic oxidation sites excluding steroid dienone is 2. The topological polar surface area (TPSA) is 32.3 Å². The van der Waals surface area contributed by atoms with Crippen molar-refractivity contribution in [2.75, 3.05) is 12.3 Å². The lowest BCUT2D eigenvalue weighted by molar-refractivity contribution is -0.0260. The van der Waals surface area contributed by atoms with E-state index in [2.05, 4.69) is 78.5 Å². The van der Waals surface area contributed by atoms with Gasteiger partial charge in [-0.1, -0.05) is 105 Å². The molecule has 230 valence electrons.